The zero-order valence-corrected chi connectivity index (χ0v) is 15.6. The number of halogens is 2. The van der Waals surface area contributed by atoms with Crippen LogP contribution in [0.15, 0.2) is 49.1 Å². The minimum atomic E-state index is -0.713. The fourth-order valence-electron chi connectivity index (χ4n) is 3.43. The predicted molar refractivity (Wildman–Crippen MR) is 104 cm³/mol. The number of likely N-dealkylation sites (tertiary alicyclic amines) is 1. The highest BCUT2D eigenvalue weighted by atomic mass is 19.1. The van der Waals surface area contributed by atoms with Crippen LogP contribution >= 0.6 is 0 Å². The molecule has 6 nitrogen and oxygen atoms in total. The number of nitrogens with two attached hydrogens (primary N) is 1. The van der Waals surface area contributed by atoms with Crippen LogP contribution in [0.1, 0.15) is 11.3 Å². The summed E-state index contributed by atoms with van der Waals surface area (Å²) < 4.78 is 27.2. The molecule has 1 fully saturated rings. The van der Waals surface area contributed by atoms with Crippen molar-refractivity contribution in [2.45, 2.75) is 12.8 Å². The summed E-state index contributed by atoms with van der Waals surface area (Å²) >= 11 is 0. The molecule has 2 aromatic heterocycles. The lowest BCUT2D eigenvalue weighted by atomic mass is 9.93. The molecule has 2 N–H and O–H groups in total. The van der Waals surface area contributed by atoms with Gasteiger partial charge in [0.1, 0.15) is 18.0 Å². The number of amides is 1. The van der Waals surface area contributed by atoms with E-state index in [9.17, 15) is 13.6 Å². The zero-order valence-electron chi connectivity index (χ0n) is 15.6. The molecule has 8 heteroatoms. The number of rotatable bonds is 5. The molecular formula is C21H19F2N5O. The van der Waals surface area contributed by atoms with E-state index in [1.54, 1.807) is 29.4 Å². The average molecular weight is 395 g/mol. The summed E-state index contributed by atoms with van der Waals surface area (Å²) in [6, 6.07) is 6.43. The van der Waals surface area contributed by atoms with Crippen molar-refractivity contribution in [1.29, 1.82) is 0 Å². The topological polar surface area (TPSA) is 85.0 Å². The first kappa shape index (κ1) is 18.9. The number of benzene rings is 1. The summed E-state index contributed by atoms with van der Waals surface area (Å²) in [7, 11) is 0. The number of aromatic nitrogens is 3. The molecule has 1 saturated heterocycles. The van der Waals surface area contributed by atoms with Gasteiger partial charge in [0.15, 0.2) is 0 Å². The Kier molecular flexibility index (Phi) is 5.16. The third-order valence-electron chi connectivity index (χ3n) is 4.98. The van der Waals surface area contributed by atoms with Crippen molar-refractivity contribution in [3.05, 3.63) is 71.9 Å². The van der Waals surface area contributed by atoms with Crippen molar-refractivity contribution in [1.82, 2.24) is 19.9 Å². The van der Waals surface area contributed by atoms with Gasteiger partial charge in [0.2, 0.25) is 5.91 Å². The summed E-state index contributed by atoms with van der Waals surface area (Å²) in [6.07, 6.45) is 5.90. The molecule has 148 valence electrons. The summed E-state index contributed by atoms with van der Waals surface area (Å²) in [6.45, 7) is 1.31. The summed E-state index contributed by atoms with van der Waals surface area (Å²) in [5.74, 6) is -1.09. The van der Waals surface area contributed by atoms with E-state index >= 15 is 0 Å². The molecule has 3 aromatic rings. The minimum absolute atomic E-state index is 0.0314. The fraction of sp³-hybridized carbons (Fsp3) is 0.238. The molecule has 0 unspecified atom stereocenters. The molecule has 3 heterocycles. The predicted octanol–water partition coefficient (Wildman–Crippen LogP) is 2.64. The van der Waals surface area contributed by atoms with Gasteiger partial charge >= 0.3 is 0 Å². The third kappa shape index (κ3) is 4.21. The van der Waals surface area contributed by atoms with Gasteiger partial charge in [-0.1, -0.05) is 0 Å². The van der Waals surface area contributed by atoms with Crippen molar-refractivity contribution in [3.63, 3.8) is 0 Å². The Morgan fingerprint density at radius 1 is 1.14 bits per heavy atom. The van der Waals surface area contributed by atoms with Crippen molar-refractivity contribution >= 4 is 11.6 Å². The maximum absolute atomic E-state index is 14.0. The Hall–Kier alpha value is -3.42. The van der Waals surface area contributed by atoms with E-state index < -0.39 is 11.6 Å². The van der Waals surface area contributed by atoms with Gasteiger partial charge in [0.25, 0.3) is 0 Å². The number of hydrogen-bond acceptors (Lipinski definition) is 5. The molecule has 0 saturated carbocycles. The Balaban J connectivity index is 1.41. The van der Waals surface area contributed by atoms with Gasteiger partial charge in [-0.3, -0.25) is 9.78 Å². The van der Waals surface area contributed by atoms with Gasteiger partial charge in [-0.25, -0.2) is 18.7 Å². The van der Waals surface area contributed by atoms with Crippen LogP contribution in [0, 0.1) is 17.6 Å². The van der Waals surface area contributed by atoms with E-state index in [1.807, 2.05) is 0 Å². The molecule has 0 aliphatic carbocycles. The number of carbonyl (C=O) groups is 1. The van der Waals surface area contributed by atoms with Crippen LogP contribution in [0.4, 0.5) is 14.5 Å². The van der Waals surface area contributed by atoms with E-state index in [-0.39, 0.29) is 17.9 Å². The average Bonchev–Trinajstić information content (AvgIpc) is 2.67. The van der Waals surface area contributed by atoms with E-state index in [4.69, 9.17) is 5.73 Å². The van der Waals surface area contributed by atoms with Gasteiger partial charge in [-0.05, 0) is 42.2 Å². The van der Waals surface area contributed by atoms with Gasteiger partial charge in [-0.2, -0.15) is 0 Å². The highest BCUT2D eigenvalue weighted by molar-refractivity contribution is 5.81. The van der Waals surface area contributed by atoms with Gasteiger partial charge < -0.3 is 10.6 Å². The molecule has 1 aliphatic rings. The van der Waals surface area contributed by atoms with Crippen LogP contribution < -0.4 is 5.73 Å². The first-order valence-electron chi connectivity index (χ1n) is 9.22. The Bertz CT molecular complexity index is 1040. The molecule has 1 aromatic carbocycles. The Labute approximate surface area is 166 Å². The molecule has 1 amide bonds. The largest absolute Gasteiger partial charge is 0.397 e. The standard InChI is InChI=1S/C21H19F2N5O/c22-15-1-2-16(17(23)6-15)19-4-3-18(24)20(27-19)7-21(29)28-10-14(11-28)5-13-8-25-12-26-9-13/h1-4,6,8-9,12,14H,5,7,10-11,24H2. The van der Waals surface area contributed by atoms with Crippen molar-refractivity contribution in [3.8, 4) is 11.3 Å². The van der Waals surface area contributed by atoms with E-state index in [1.165, 1.54) is 18.5 Å². The smallest absolute Gasteiger partial charge is 0.228 e. The minimum Gasteiger partial charge on any atom is -0.397 e. The zero-order chi connectivity index (χ0) is 20.4. The fourth-order valence-corrected chi connectivity index (χ4v) is 3.43. The van der Waals surface area contributed by atoms with Crippen LogP contribution in [0.2, 0.25) is 0 Å². The lowest BCUT2D eigenvalue weighted by molar-refractivity contribution is -0.136. The van der Waals surface area contributed by atoms with Crippen LogP contribution in [0.3, 0.4) is 0 Å². The van der Waals surface area contributed by atoms with Crippen LogP contribution in [0.25, 0.3) is 11.3 Å². The normalized spacial score (nSPS) is 13.9. The van der Waals surface area contributed by atoms with Gasteiger partial charge in [0, 0.05) is 37.1 Å². The highest BCUT2D eigenvalue weighted by Crippen LogP contribution is 2.25. The quantitative estimate of drug-likeness (QED) is 0.718. The second kappa shape index (κ2) is 7.90. The molecule has 29 heavy (non-hydrogen) atoms. The molecular weight excluding hydrogens is 376 g/mol. The second-order valence-electron chi connectivity index (χ2n) is 7.15. The number of pyridine rings is 1. The van der Waals surface area contributed by atoms with Gasteiger partial charge in [-0.15, -0.1) is 0 Å². The lowest BCUT2D eigenvalue weighted by Crippen LogP contribution is -2.51. The maximum atomic E-state index is 14.0. The molecule has 0 radical (unpaired) electrons. The van der Waals surface area contributed by atoms with Crippen LogP contribution in [-0.2, 0) is 17.6 Å². The van der Waals surface area contributed by atoms with E-state index in [0.717, 1.165) is 18.1 Å². The Morgan fingerprint density at radius 3 is 2.62 bits per heavy atom. The summed E-state index contributed by atoms with van der Waals surface area (Å²) in [4.78, 5) is 26.7. The first-order chi connectivity index (χ1) is 14.0. The van der Waals surface area contributed by atoms with Crippen molar-refractivity contribution in [2.75, 3.05) is 18.8 Å². The molecule has 1 aliphatic heterocycles. The lowest BCUT2D eigenvalue weighted by Gasteiger charge is -2.39. The number of hydrogen-bond donors (Lipinski definition) is 1. The monoisotopic (exact) mass is 395 g/mol. The van der Waals surface area contributed by atoms with E-state index in [2.05, 4.69) is 15.0 Å². The van der Waals surface area contributed by atoms with Crippen LogP contribution in [0.5, 0.6) is 0 Å². The van der Waals surface area contributed by atoms with Crippen molar-refractivity contribution < 1.29 is 13.6 Å². The molecule has 0 spiro atoms. The van der Waals surface area contributed by atoms with E-state index in [0.29, 0.717) is 36.1 Å². The number of nitrogens with zero attached hydrogens (tertiary/aromatic N) is 4. The number of anilines is 1. The molecule has 4 rings (SSSR count). The van der Waals surface area contributed by atoms with Crippen molar-refractivity contribution in [2.24, 2.45) is 5.92 Å². The second-order valence-corrected chi connectivity index (χ2v) is 7.15. The SMILES string of the molecule is Nc1ccc(-c2ccc(F)cc2F)nc1CC(=O)N1CC(Cc2cncnc2)C1. The Morgan fingerprint density at radius 2 is 1.90 bits per heavy atom. The third-order valence-corrected chi connectivity index (χ3v) is 4.98. The first-order valence-corrected chi connectivity index (χ1v) is 9.22. The molecule has 0 atom stereocenters. The highest BCUT2D eigenvalue weighted by Gasteiger charge is 2.31. The molecule has 0 bridgehead atoms. The summed E-state index contributed by atoms with van der Waals surface area (Å²) in [5.41, 5.74) is 8.23. The van der Waals surface area contributed by atoms with Crippen LogP contribution in [-0.4, -0.2) is 38.8 Å². The number of nitrogen functional groups attached to an aromatic ring is 1. The number of carbonyl (C=O) groups excluding carboxylic acids is 1. The maximum Gasteiger partial charge on any atom is 0.228 e. The van der Waals surface area contributed by atoms with Gasteiger partial charge in [0.05, 0.1) is 23.5 Å². The summed E-state index contributed by atoms with van der Waals surface area (Å²) in [5, 5.41) is 0.